The summed E-state index contributed by atoms with van der Waals surface area (Å²) in [7, 11) is 0. The lowest BCUT2D eigenvalue weighted by Crippen LogP contribution is -2.59. The molecule has 3 heterocycles. The van der Waals surface area contributed by atoms with Gasteiger partial charge in [0.2, 0.25) is 0 Å². The summed E-state index contributed by atoms with van der Waals surface area (Å²) >= 11 is 0. The lowest BCUT2D eigenvalue weighted by molar-refractivity contribution is -0.0938. The van der Waals surface area contributed by atoms with Gasteiger partial charge in [0.05, 0.1) is 11.7 Å². The molecule has 5 heteroatoms. The van der Waals surface area contributed by atoms with Crippen molar-refractivity contribution >= 4 is 0 Å². The number of aliphatic hydroxyl groups excluding tert-OH is 1. The fourth-order valence-electron chi connectivity index (χ4n) is 3.78. The van der Waals surface area contributed by atoms with Crippen LogP contribution in [0.2, 0.25) is 0 Å². The molecular weight excluding hydrogens is 244 g/mol. The molecule has 0 bridgehead atoms. The van der Waals surface area contributed by atoms with E-state index in [0.717, 1.165) is 45.4 Å². The van der Waals surface area contributed by atoms with Gasteiger partial charge in [-0.1, -0.05) is 0 Å². The number of piperazine rings is 1. The van der Waals surface area contributed by atoms with Gasteiger partial charge < -0.3 is 14.9 Å². The van der Waals surface area contributed by atoms with Crippen LogP contribution in [0.4, 0.5) is 0 Å². The van der Waals surface area contributed by atoms with Crippen molar-refractivity contribution in [1.82, 2.24) is 9.80 Å². The Morgan fingerprint density at radius 3 is 2.68 bits per heavy atom. The van der Waals surface area contributed by atoms with Gasteiger partial charge in [0.1, 0.15) is 0 Å². The summed E-state index contributed by atoms with van der Waals surface area (Å²) in [5, 5.41) is 20.4. The van der Waals surface area contributed by atoms with Crippen LogP contribution in [-0.4, -0.2) is 83.2 Å². The van der Waals surface area contributed by atoms with Gasteiger partial charge in [-0.3, -0.25) is 9.80 Å². The quantitative estimate of drug-likeness (QED) is 0.719. The topological polar surface area (TPSA) is 56.2 Å². The molecule has 3 aliphatic heterocycles. The SMILES string of the molecule is C[C@H]1CN2C[C@H](O)C[C@@H]2CN1CC1(O)CCOCC1. The normalized spacial score (nSPS) is 40.3. The third kappa shape index (κ3) is 2.95. The number of ether oxygens (including phenoxy) is 1. The second-order valence-corrected chi connectivity index (χ2v) is 6.61. The van der Waals surface area contributed by atoms with E-state index in [4.69, 9.17) is 4.74 Å². The molecule has 0 aromatic rings. The minimum Gasteiger partial charge on any atom is -0.392 e. The van der Waals surface area contributed by atoms with Gasteiger partial charge in [0.25, 0.3) is 0 Å². The van der Waals surface area contributed by atoms with Crippen molar-refractivity contribution in [3.8, 4) is 0 Å². The van der Waals surface area contributed by atoms with Crippen molar-refractivity contribution in [2.45, 2.75) is 50.0 Å². The number of fused-ring (bicyclic) bond motifs is 1. The van der Waals surface area contributed by atoms with Crippen molar-refractivity contribution in [1.29, 1.82) is 0 Å². The van der Waals surface area contributed by atoms with Crippen LogP contribution in [0.15, 0.2) is 0 Å². The fraction of sp³-hybridized carbons (Fsp3) is 1.00. The Bertz CT molecular complexity index is 320. The average molecular weight is 270 g/mol. The van der Waals surface area contributed by atoms with Crippen molar-refractivity contribution in [2.75, 3.05) is 39.4 Å². The van der Waals surface area contributed by atoms with Crippen molar-refractivity contribution in [3.63, 3.8) is 0 Å². The molecule has 5 nitrogen and oxygen atoms in total. The first-order valence-electron chi connectivity index (χ1n) is 7.52. The lowest BCUT2D eigenvalue weighted by atomic mass is 9.92. The number of rotatable bonds is 2. The second-order valence-electron chi connectivity index (χ2n) is 6.61. The lowest BCUT2D eigenvalue weighted by Gasteiger charge is -2.46. The second kappa shape index (κ2) is 5.30. The highest BCUT2D eigenvalue weighted by atomic mass is 16.5. The Hall–Kier alpha value is -0.200. The van der Waals surface area contributed by atoms with Crippen LogP contribution in [0, 0.1) is 0 Å². The highest BCUT2D eigenvalue weighted by Gasteiger charge is 2.41. The van der Waals surface area contributed by atoms with E-state index in [1.54, 1.807) is 0 Å². The van der Waals surface area contributed by atoms with E-state index in [1.807, 2.05) is 0 Å². The highest BCUT2D eigenvalue weighted by molar-refractivity contribution is 4.96. The molecular formula is C14H26N2O3. The van der Waals surface area contributed by atoms with Crippen LogP contribution in [0.3, 0.4) is 0 Å². The van der Waals surface area contributed by atoms with E-state index in [9.17, 15) is 10.2 Å². The highest BCUT2D eigenvalue weighted by Crippen LogP contribution is 2.28. The summed E-state index contributed by atoms with van der Waals surface area (Å²) in [6.45, 7) is 7.12. The molecule has 3 saturated heterocycles. The van der Waals surface area contributed by atoms with Crippen LogP contribution in [0.5, 0.6) is 0 Å². The first kappa shape index (κ1) is 13.8. The zero-order valence-electron chi connectivity index (χ0n) is 11.8. The maximum Gasteiger partial charge on any atom is 0.0818 e. The van der Waals surface area contributed by atoms with Crippen LogP contribution in [0.25, 0.3) is 0 Å². The molecule has 0 radical (unpaired) electrons. The van der Waals surface area contributed by atoms with Gasteiger partial charge >= 0.3 is 0 Å². The van der Waals surface area contributed by atoms with Crippen molar-refractivity contribution < 1.29 is 14.9 Å². The summed E-state index contributed by atoms with van der Waals surface area (Å²) < 4.78 is 5.34. The zero-order valence-corrected chi connectivity index (χ0v) is 11.8. The molecule has 3 rings (SSSR count). The Morgan fingerprint density at radius 1 is 1.21 bits per heavy atom. The maximum absolute atomic E-state index is 10.6. The van der Waals surface area contributed by atoms with E-state index in [1.165, 1.54) is 0 Å². The molecule has 0 amide bonds. The Labute approximate surface area is 115 Å². The fourth-order valence-corrected chi connectivity index (χ4v) is 3.78. The Balaban J connectivity index is 1.61. The predicted octanol–water partition coefficient (Wildman–Crippen LogP) is -0.333. The minimum absolute atomic E-state index is 0.164. The van der Waals surface area contributed by atoms with Crippen LogP contribution < -0.4 is 0 Å². The van der Waals surface area contributed by atoms with Gasteiger partial charge in [0, 0.05) is 64.3 Å². The standard InChI is InChI=1S/C14H26N2O3/c1-11-7-15-9-13(17)6-12(15)8-16(11)10-14(18)2-4-19-5-3-14/h11-13,17-18H,2-10H2,1H3/t11-,12+,13+/m0/s1. The molecule has 0 saturated carbocycles. The van der Waals surface area contributed by atoms with E-state index < -0.39 is 5.60 Å². The molecule has 3 atom stereocenters. The predicted molar refractivity (Wildman–Crippen MR) is 72.0 cm³/mol. The van der Waals surface area contributed by atoms with Gasteiger partial charge in [-0.15, -0.1) is 0 Å². The number of hydrogen-bond donors (Lipinski definition) is 2. The first-order chi connectivity index (χ1) is 9.06. The van der Waals surface area contributed by atoms with E-state index in [2.05, 4.69) is 16.7 Å². The molecule has 0 unspecified atom stereocenters. The van der Waals surface area contributed by atoms with E-state index >= 15 is 0 Å². The van der Waals surface area contributed by atoms with Crippen LogP contribution >= 0.6 is 0 Å². The van der Waals surface area contributed by atoms with Crippen LogP contribution in [-0.2, 0) is 4.74 Å². The third-order valence-electron chi connectivity index (χ3n) is 4.99. The van der Waals surface area contributed by atoms with Crippen molar-refractivity contribution in [3.05, 3.63) is 0 Å². The Morgan fingerprint density at radius 2 is 1.95 bits per heavy atom. The smallest absolute Gasteiger partial charge is 0.0818 e. The molecule has 3 fully saturated rings. The summed E-state index contributed by atoms with van der Waals surface area (Å²) in [6, 6.07) is 0.920. The minimum atomic E-state index is -0.577. The van der Waals surface area contributed by atoms with Gasteiger partial charge in [-0.25, -0.2) is 0 Å². The number of aliphatic hydroxyl groups is 2. The summed E-state index contributed by atoms with van der Waals surface area (Å²) in [5.41, 5.74) is -0.577. The van der Waals surface area contributed by atoms with Gasteiger partial charge in [0.15, 0.2) is 0 Å². The van der Waals surface area contributed by atoms with E-state index in [-0.39, 0.29) is 6.10 Å². The Kier molecular flexibility index (Phi) is 3.84. The number of β-amino-alcohol motifs (C(OH)–C–C–N with tert-alkyl or cyclic N) is 1. The monoisotopic (exact) mass is 270 g/mol. The average Bonchev–Trinajstić information content (AvgIpc) is 2.69. The molecule has 0 spiro atoms. The molecule has 0 aromatic carbocycles. The van der Waals surface area contributed by atoms with Crippen molar-refractivity contribution in [2.24, 2.45) is 0 Å². The van der Waals surface area contributed by atoms with Gasteiger partial charge in [-0.2, -0.15) is 0 Å². The number of nitrogens with zero attached hydrogens (tertiary/aromatic N) is 2. The molecule has 0 aromatic heterocycles. The molecule has 2 N–H and O–H groups in total. The molecule has 19 heavy (non-hydrogen) atoms. The molecule has 3 aliphatic rings. The summed E-state index contributed by atoms with van der Waals surface area (Å²) in [6.07, 6.45) is 2.20. The number of hydrogen-bond acceptors (Lipinski definition) is 5. The zero-order chi connectivity index (χ0) is 13.5. The summed E-state index contributed by atoms with van der Waals surface area (Å²) in [4.78, 5) is 4.81. The largest absolute Gasteiger partial charge is 0.392 e. The van der Waals surface area contributed by atoms with E-state index in [0.29, 0.717) is 25.3 Å². The first-order valence-corrected chi connectivity index (χ1v) is 7.52. The maximum atomic E-state index is 10.6. The summed E-state index contributed by atoms with van der Waals surface area (Å²) in [5.74, 6) is 0. The van der Waals surface area contributed by atoms with Gasteiger partial charge in [-0.05, 0) is 13.3 Å². The van der Waals surface area contributed by atoms with Crippen LogP contribution in [0.1, 0.15) is 26.2 Å². The third-order valence-corrected chi connectivity index (χ3v) is 4.99. The molecule has 0 aliphatic carbocycles. The molecule has 110 valence electrons.